The second-order valence-corrected chi connectivity index (χ2v) is 7.48. The number of amides is 2. The summed E-state index contributed by atoms with van der Waals surface area (Å²) in [6.07, 6.45) is 6.10. The topological polar surface area (TPSA) is 74.3 Å². The van der Waals surface area contributed by atoms with Crippen LogP contribution in [0.2, 0.25) is 0 Å². The van der Waals surface area contributed by atoms with Gasteiger partial charge in [0.05, 0.1) is 0 Å². The van der Waals surface area contributed by atoms with Gasteiger partial charge < -0.3 is 15.5 Å². The molecule has 3 saturated heterocycles. The molecule has 2 N–H and O–H groups in total. The first-order valence-corrected chi connectivity index (χ1v) is 9.43. The van der Waals surface area contributed by atoms with Gasteiger partial charge in [0.1, 0.15) is 6.04 Å². The molecule has 1 aromatic heterocycles. The highest BCUT2D eigenvalue weighted by molar-refractivity contribution is 5.89. The van der Waals surface area contributed by atoms with E-state index < -0.39 is 0 Å². The molecule has 0 aliphatic carbocycles. The van der Waals surface area contributed by atoms with Gasteiger partial charge in [-0.2, -0.15) is 0 Å². The molecule has 0 radical (unpaired) electrons. The number of carbonyl (C=O) groups excluding carboxylic acids is 2. The molecule has 0 spiro atoms. The molecular weight excluding hydrogens is 387 g/mol. The third-order valence-corrected chi connectivity index (χ3v) is 5.92. The average molecular weight is 415 g/mol. The van der Waals surface area contributed by atoms with E-state index in [1.807, 2.05) is 23.1 Å². The van der Waals surface area contributed by atoms with Gasteiger partial charge in [-0.1, -0.05) is 6.07 Å². The van der Waals surface area contributed by atoms with E-state index in [0.29, 0.717) is 25.3 Å². The summed E-state index contributed by atoms with van der Waals surface area (Å²) < 4.78 is 0. The van der Waals surface area contributed by atoms with Crippen LogP contribution in [0.15, 0.2) is 24.4 Å². The lowest BCUT2D eigenvalue weighted by atomic mass is 9.72. The van der Waals surface area contributed by atoms with Crippen LogP contribution in [0.5, 0.6) is 0 Å². The van der Waals surface area contributed by atoms with Gasteiger partial charge in [-0.25, -0.2) is 0 Å². The van der Waals surface area contributed by atoms with Crippen LogP contribution in [-0.2, 0) is 16.0 Å². The molecule has 3 aliphatic rings. The van der Waals surface area contributed by atoms with Gasteiger partial charge in [0.25, 0.3) is 0 Å². The van der Waals surface area contributed by atoms with Crippen molar-refractivity contribution in [2.75, 3.05) is 19.6 Å². The molecule has 150 valence electrons. The number of carbonyl (C=O) groups is 2. The number of hydrogen-bond acceptors (Lipinski definition) is 4. The molecule has 4 rings (SSSR count). The molecule has 1 aromatic rings. The lowest BCUT2D eigenvalue weighted by Crippen LogP contribution is -2.68. The minimum absolute atomic E-state index is 0. The number of halogens is 2. The Balaban J connectivity index is 0.00000131. The Labute approximate surface area is 172 Å². The van der Waals surface area contributed by atoms with E-state index in [4.69, 9.17) is 0 Å². The third kappa shape index (κ3) is 4.55. The number of piperidine rings is 3. The molecule has 8 heteroatoms. The van der Waals surface area contributed by atoms with Crippen LogP contribution in [0.1, 0.15) is 31.4 Å². The van der Waals surface area contributed by atoms with E-state index in [1.165, 1.54) is 0 Å². The van der Waals surface area contributed by atoms with Gasteiger partial charge in [-0.15, -0.1) is 24.8 Å². The summed E-state index contributed by atoms with van der Waals surface area (Å²) in [5, 5.41) is 6.53. The fourth-order valence-corrected chi connectivity index (χ4v) is 4.81. The second-order valence-electron chi connectivity index (χ2n) is 7.48. The van der Waals surface area contributed by atoms with E-state index in [-0.39, 0.29) is 54.6 Å². The van der Waals surface area contributed by atoms with Gasteiger partial charge in [-0.3, -0.25) is 14.6 Å². The summed E-state index contributed by atoms with van der Waals surface area (Å²) >= 11 is 0. The molecule has 0 unspecified atom stereocenters. The summed E-state index contributed by atoms with van der Waals surface area (Å²) in [7, 11) is 0. The van der Waals surface area contributed by atoms with Gasteiger partial charge >= 0.3 is 0 Å². The minimum Gasteiger partial charge on any atom is -0.354 e. The largest absolute Gasteiger partial charge is 0.354 e. The number of pyridine rings is 1. The Morgan fingerprint density at radius 3 is 2.85 bits per heavy atom. The van der Waals surface area contributed by atoms with Crippen molar-refractivity contribution in [1.29, 1.82) is 0 Å². The summed E-state index contributed by atoms with van der Waals surface area (Å²) in [4.78, 5) is 31.8. The van der Waals surface area contributed by atoms with Crippen molar-refractivity contribution in [1.82, 2.24) is 20.5 Å². The zero-order chi connectivity index (χ0) is 17.2. The lowest BCUT2D eigenvalue weighted by molar-refractivity contribution is -0.157. The Morgan fingerprint density at radius 2 is 2.07 bits per heavy atom. The van der Waals surface area contributed by atoms with E-state index in [2.05, 4.69) is 15.6 Å². The number of nitrogens with zero attached hydrogens (tertiary/aromatic N) is 2. The normalized spacial score (nSPS) is 29.0. The van der Waals surface area contributed by atoms with Crippen molar-refractivity contribution in [3.63, 3.8) is 0 Å². The van der Waals surface area contributed by atoms with Crippen molar-refractivity contribution < 1.29 is 9.59 Å². The number of rotatable bonds is 4. The number of nitrogens with one attached hydrogen (secondary N) is 2. The summed E-state index contributed by atoms with van der Waals surface area (Å²) in [5.41, 5.74) is 0.970. The van der Waals surface area contributed by atoms with Crippen LogP contribution in [0, 0.1) is 11.8 Å². The molecule has 3 aliphatic heterocycles. The van der Waals surface area contributed by atoms with Gasteiger partial charge in [0.2, 0.25) is 11.8 Å². The lowest BCUT2D eigenvalue weighted by Gasteiger charge is -2.53. The Hall–Kier alpha value is -1.37. The maximum Gasteiger partial charge on any atom is 0.243 e. The van der Waals surface area contributed by atoms with Crippen molar-refractivity contribution >= 4 is 36.6 Å². The second kappa shape index (κ2) is 9.71. The predicted octanol–water partition coefficient (Wildman–Crippen LogP) is 1.57. The first-order chi connectivity index (χ1) is 12.2. The Kier molecular flexibility index (Phi) is 7.89. The van der Waals surface area contributed by atoms with Gasteiger partial charge in [0.15, 0.2) is 0 Å². The number of aromatic nitrogens is 1. The van der Waals surface area contributed by atoms with Crippen LogP contribution < -0.4 is 10.6 Å². The quantitative estimate of drug-likeness (QED) is 0.783. The fourth-order valence-electron chi connectivity index (χ4n) is 4.81. The highest BCUT2D eigenvalue weighted by Gasteiger charge is 2.50. The van der Waals surface area contributed by atoms with Crippen LogP contribution in [0.4, 0.5) is 0 Å². The molecule has 0 aromatic carbocycles. The molecule has 2 amide bonds. The standard InChI is InChI=1S/C19H26N4O2.2ClH/c24-17-6-3-5-16-13-10-14(12-20-11-13)18(23(16)17)19(25)22-9-7-15-4-1-2-8-21-15;;/h1-2,4,8,13-14,16,18,20H,3,5-7,9-12H2,(H,22,25);2*1H/t13-,14+,16+,18-;;/m1../s1. The smallest absolute Gasteiger partial charge is 0.243 e. The van der Waals surface area contributed by atoms with Crippen LogP contribution >= 0.6 is 24.8 Å². The Morgan fingerprint density at radius 1 is 1.26 bits per heavy atom. The van der Waals surface area contributed by atoms with E-state index in [1.54, 1.807) is 6.20 Å². The zero-order valence-electron chi connectivity index (χ0n) is 15.3. The molecular formula is C19H28Cl2N4O2. The number of hydrogen-bond donors (Lipinski definition) is 2. The summed E-state index contributed by atoms with van der Waals surface area (Å²) in [6, 6.07) is 5.73. The summed E-state index contributed by atoms with van der Waals surface area (Å²) in [5.74, 6) is 0.897. The SMILES string of the molecule is Cl.Cl.O=C(NCCc1ccccn1)[C@H]1[C@@H]2CNC[C@@H](C2)[C@@H]2CCCC(=O)N21. The highest BCUT2D eigenvalue weighted by atomic mass is 35.5. The first kappa shape index (κ1) is 21.9. The average Bonchev–Trinajstić information content (AvgIpc) is 2.64. The van der Waals surface area contributed by atoms with Crippen molar-refractivity contribution in [2.45, 2.75) is 44.2 Å². The minimum atomic E-state index is -0.314. The van der Waals surface area contributed by atoms with E-state index in [9.17, 15) is 9.59 Å². The molecule has 2 bridgehead atoms. The Bertz CT molecular complexity index is 646. The third-order valence-electron chi connectivity index (χ3n) is 5.92. The van der Waals surface area contributed by atoms with Crippen molar-refractivity contribution in [3.8, 4) is 0 Å². The maximum absolute atomic E-state index is 12.9. The van der Waals surface area contributed by atoms with Gasteiger partial charge in [0, 0.05) is 49.8 Å². The number of fused-ring (bicyclic) bond motifs is 4. The van der Waals surface area contributed by atoms with E-state index >= 15 is 0 Å². The molecule has 4 atom stereocenters. The predicted molar refractivity (Wildman–Crippen MR) is 108 cm³/mol. The monoisotopic (exact) mass is 414 g/mol. The van der Waals surface area contributed by atoms with Crippen LogP contribution in [-0.4, -0.2) is 53.4 Å². The first-order valence-electron chi connectivity index (χ1n) is 9.43. The zero-order valence-corrected chi connectivity index (χ0v) is 16.9. The summed E-state index contributed by atoms with van der Waals surface area (Å²) in [6.45, 7) is 2.35. The molecule has 3 fully saturated rings. The maximum atomic E-state index is 12.9. The molecule has 0 saturated carbocycles. The molecule has 27 heavy (non-hydrogen) atoms. The molecule has 4 heterocycles. The molecule has 6 nitrogen and oxygen atoms in total. The highest BCUT2D eigenvalue weighted by Crippen LogP contribution is 2.39. The van der Waals surface area contributed by atoms with Gasteiger partial charge in [-0.05, 0) is 43.9 Å². The van der Waals surface area contributed by atoms with Crippen LogP contribution in [0.25, 0.3) is 0 Å². The fraction of sp³-hybridized carbons (Fsp3) is 0.632. The van der Waals surface area contributed by atoms with Crippen LogP contribution in [0.3, 0.4) is 0 Å². The van der Waals surface area contributed by atoms with Crippen molar-refractivity contribution in [3.05, 3.63) is 30.1 Å². The van der Waals surface area contributed by atoms with E-state index in [0.717, 1.165) is 38.0 Å². The van der Waals surface area contributed by atoms with Crippen molar-refractivity contribution in [2.24, 2.45) is 11.8 Å².